The first-order chi connectivity index (χ1) is 15.6. The maximum atomic E-state index is 13.4. The number of carbonyl (C=O) groups excluding carboxylic acids is 1. The number of allylic oxidation sites excluding steroid dienone is 1. The van der Waals surface area contributed by atoms with Gasteiger partial charge in [0.15, 0.2) is 5.82 Å². The molecular weight excluding hydrogens is 456 g/mol. The number of nitrogens with one attached hydrogen (secondary N) is 1. The fourth-order valence-corrected chi connectivity index (χ4v) is 5.63. The number of fused-ring (bicyclic) bond motifs is 1. The van der Waals surface area contributed by atoms with Crippen LogP contribution in [0.3, 0.4) is 0 Å². The van der Waals surface area contributed by atoms with Crippen molar-refractivity contribution >= 4 is 33.2 Å². The van der Waals surface area contributed by atoms with Gasteiger partial charge >= 0.3 is 10.2 Å². The molecule has 1 saturated carbocycles. The molecule has 0 radical (unpaired) electrons. The van der Waals surface area contributed by atoms with Crippen molar-refractivity contribution in [2.75, 3.05) is 22.2 Å². The highest BCUT2D eigenvalue weighted by atomic mass is 32.2. The lowest BCUT2D eigenvalue weighted by atomic mass is 9.93. The summed E-state index contributed by atoms with van der Waals surface area (Å²) in [5.41, 5.74) is 1.91. The molecule has 0 bridgehead atoms. The molecule has 2 aliphatic carbocycles. The lowest BCUT2D eigenvalue weighted by Gasteiger charge is -2.23. The van der Waals surface area contributed by atoms with Crippen molar-refractivity contribution in [2.24, 2.45) is 5.92 Å². The number of alkyl halides is 2. The summed E-state index contributed by atoms with van der Waals surface area (Å²) in [6.45, 7) is -0.157. The lowest BCUT2D eigenvalue weighted by molar-refractivity contribution is -0.122. The van der Waals surface area contributed by atoms with Crippen molar-refractivity contribution in [3.8, 4) is 0 Å². The van der Waals surface area contributed by atoms with Gasteiger partial charge in [0.25, 0.3) is 5.92 Å². The van der Waals surface area contributed by atoms with Crippen LogP contribution < -0.4 is 13.9 Å². The number of anilines is 2. The lowest BCUT2D eigenvalue weighted by Crippen LogP contribution is -2.37. The van der Waals surface area contributed by atoms with Gasteiger partial charge in [-0.2, -0.15) is 13.5 Å². The zero-order valence-electron chi connectivity index (χ0n) is 17.9. The maximum Gasteiger partial charge on any atom is 0.327 e. The van der Waals surface area contributed by atoms with Gasteiger partial charge in [-0.3, -0.25) is 4.79 Å². The molecule has 1 N–H and O–H groups in total. The highest BCUT2D eigenvalue weighted by molar-refractivity contribution is 7.94. The summed E-state index contributed by atoms with van der Waals surface area (Å²) >= 11 is 0. The minimum absolute atomic E-state index is 0.0158. The Morgan fingerprint density at radius 3 is 2.76 bits per heavy atom. The molecule has 0 aromatic carbocycles. The normalized spacial score (nSPS) is 24.9. The number of nitrogens with zero attached hydrogens (tertiary/aromatic N) is 6. The fraction of sp³-hybridized carbons (Fsp3) is 0.500. The van der Waals surface area contributed by atoms with Gasteiger partial charge in [0.05, 0.1) is 11.4 Å². The van der Waals surface area contributed by atoms with Gasteiger partial charge in [0.2, 0.25) is 5.91 Å². The molecule has 2 aromatic rings. The molecule has 13 heteroatoms. The Hall–Kier alpha value is -3.09. The van der Waals surface area contributed by atoms with Crippen LogP contribution >= 0.6 is 0 Å². The molecule has 2 atom stereocenters. The number of amides is 1. The van der Waals surface area contributed by atoms with Crippen molar-refractivity contribution in [1.82, 2.24) is 25.1 Å². The summed E-state index contributed by atoms with van der Waals surface area (Å²) < 4.78 is 55.9. The summed E-state index contributed by atoms with van der Waals surface area (Å²) in [4.78, 5) is 20.5. The van der Waals surface area contributed by atoms with E-state index in [0.29, 0.717) is 30.6 Å². The molecule has 33 heavy (non-hydrogen) atoms. The Labute approximate surface area is 189 Å². The molecule has 3 heterocycles. The van der Waals surface area contributed by atoms with Crippen LogP contribution in [0.5, 0.6) is 0 Å². The SMILES string of the molecule is CN1c2nc(C3=CCC(NC(=O)Cn4cncn4)CC3)ccc2N(CC2CC2(F)F)S1(=O)=O. The molecule has 1 aliphatic heterocycles. The Balaban J connectivity index is 1.28. The molecule has 2 aromatic heterocycles. The highest BCUT2D eigenvalue weighted by Gasteiger charge is 2.59. The predicted molar refractivity (Wildman–Crippen MR) is 116 cm³/mol. The molecular formula is C20H23F2N7O3S. The summed E-state index contributed by atoms with van der Waals surface area (Å²) in [7, 11) is -2.55. The van der Waals surface area contributed by atoms with Gasteiger partial charge in [-0.05, 0) is 37.0 Å². The van der Waals surface area contributed by atoms with E-state index < -0.39 is 22.0 Å². The van der Waals surface area contributed by atoms with E-state index in [-0.39, 0.29) is 37.3 Å². The van der Waals surface area contributed by atoms with Crippen LogP contribution in [0.15, 0.2) is 30.9 Å². The van der Waals surface area contributed by atoms with Gasteiger partial charge in [0, 0.05) is 32.0 Å². The number of rotatable bonds is 6. The third kappa shape index (κ3) is 4.05. The molecule has 5 rings (SSSR count). The second-order valence-corrected chi connectivity index (χ2v) is 10.5. The number of hydrogen-bond donors (Lipinski definition) is 1. The van der Waals surface area contributed by atoms with Crippen molar-refractivity contribution in [1.29, 1.82) is 0 Å². The van der Waals surface area contributed by atoms with E-state index >= 15 is 0 Å². The van der Waals surface area contributed by atoms with E-state index in [1.54, 1.807) is 12.1 Å². The van der Waals surface area contributed by atoms with Gasteiger partial charge in [0.1, 0.15) is 19.2 Å². The number of carbonyl (C=O) groups is 1. The van der Waals surface area contributed by atoms with Crippen LogP contribution in [0.4, 0.5) is 20.3 Å². The van der Waals surface area contributed by atoms with Crippen LogP contribution in [0, 0.1) is 5.92 Å². The van der Waals surface area contributed by atoms with Crippen molar-refractivity contribution in [2.45, 2.75) is 44.2 Å². The number of hydrogen-bond acceptors (Lipinski definition) is 6. The molecule has 2 unspecified atom stereocenters. The van der Waals surface area contributed by atoms with Gasteiger partial charge in [-0.15, -0.1) is 0 Å². The van der Waals surface area contributed by atoms with E-state index in [1.165, 1.54) is 24.4 Å². The first kappa shape index (κ1) is 21.7. The summed E-state index contributed by atoms with van der Waals surface area (Å²) in [5, 5.41) is 6.89. The van der Waals surface area contributed by atoms with Crippen LogP contribution in [0.2, 0.25) is 0 Å². The highest BCUT2D eigenvalue weighted by Crippen LogP contribution is 2.51. The Morgan fingerprint density at radius 2 is 2.12 bits per heavy atom. The smallest absolute Gasteiger partial charge is 0.327 e. The minimum Gasteiger partial charge on any atom is -0.351 e. The van der Waals surface area contributed by atoms with Crippen molar-refractivity contribution < 1.29 is 22.0 Å². The summed E-state index contributed by atoms with van der Waals surface area (Å²) in [6, 6.07) is 3.34. The van der Waals surface area contributed by atoms with Gasteiger partial charge in [-0.25, -0.2) is 32.0 Å². The number of pyridine rings is 1. The molecule has 10 nitrogen and oxygen atoms in total. The van der Waals surface area contributed by atoms with Crippen molar-refractivity contribution in [3.63, 3.8) is 0 Å². The first-order valence-corrected chi connectivity index (χ1v) is 12.0. The third-order valence-corrected chi connectivity index (χ3v) is 8.03. The Kier molecular flexibility index (Phi) is 5.10. The monoisotopic (exact) mass is 479 g/mol. The minimum atomic E-state index is -3.93. The summed E-state index contributed by atoms with van der Waals surface area (Å²) in [5.74, 6) is -3.69. The fourth-order valence-electron chi connectivity index (χ4n) is 4.22. The Bertz CT molecular complexity index is 1220. The largest absolute Gasteiger partial charge is 0.351 e. The standard InChI is InChI=1S/C20H23F2N7O3S/c1-27-19-17(29(33(27,31)32)9-14-8-20(14,21)22)7-6-16(26-19)13-2-4-15(5-3-13)25-18(30)10-28-12-23-11-24-28/h2,6-7,11-12,14-15H,3-5,8-10H2,1H3,(H,25,30). The zero-order valence-corrected chi connectivity index (χ0v) is 18.7. The average Bonchev–Trinajstić information content (AvgIpc) is 3.08. The van der Waals surface area contributed by atoms with E-state index in [0.717, 1.165) is 14.2 Å². The summed E-state index contributed by atoms with van der Waals surface area (Å²) in [6.07, 6.45) is 6.53. The van der Waals surface area contributed by atoms with Gasteiger partial charge in [-0.1, -0.05) is 6.08 Å². The third-order valence-electron chi connectivity index (χ3n) is 6.27. The number of halogens is 2. The Morgan fingerprint density at radius 1 is 1.33 bits per heavy atom. The number of aromatic nitrogens is 4. The average molecular weight is 480 g/mol. The van der Waals surface area contributed by atoms with E-state index in [4.69, 9.17) is 0 Å². The first-order valence-electron chi connectivity index (χ1n) is 10.6. The van der Waals surface area contributed by atoms with E-state index in [9.17, 15) is 22.0 Å². The zero-order chi connectivity index (χ0) is 23.4. The van der Waals surface area contributed by atoms with Crippen LogP contribution in [0.1, 0.15) is 31.4 Å². The maximum absolute atomic E-state index is 13.4. The topological polar surface area (TPSA) is 113 Å². The molecule has 3 aliphatic rings. The molecule has 0 saturated heterocycles. The van der Waals surface area contributed by atoms with Crippen LogP contribution in [-0.2, 0) is 21.5 Å². The van der Waals surface area contributed by atoms with Gasteiger partial charge < -0.3 is 5.32 Å². The molecule has 1 fully saturated rings. The molecule has 176 valence electrons. The van der Waals surface area contributed by atoms with Crippen LogP contribution in [-0.4, -0.2) is 59.6 Å². The second kappa shape index (κ2) is 7.75. The van der Waals surface area contributed by atoms with Crippen molar-refractivity contribution in [3.05, 3.63) is 36.6 Å². The molecule has 0 spiro atoms. The predicted octanol–water partition coefficient (Wildman–Crippen LogP) is 1.58. The van der Waals surface area contributed by atoms with E-state index in [2.05, 4.69) is 20.4 Å². The quantitative estimate of drug-likeness (QED) is 0.673. The molecule has 1 amide bonds. The van der Waals surface area contributed by atoms with E-state index in [1.807, 2.05) is 6.08 Å². The second-order valence-electron chi connectivity index (χ2n) is 8.57. The van der Waals surface area contributed by atoms with Crippen LogP contribution in [0.25, 0.3) is 5.57 Å².